The van der Waals surface area contributed by atoms with E-state index in [0.29, 0.717) is 17.5 Å². The minimum atomic E-state index is 0.0668. The second-order valence-corrected chi connectivity index (χ2v) is 8.65. The molecule has 0 saturated carbocycles. The molecule has 0 unspecified atom stereocenters. The first-order valence-electron chi connectivity index (χ1n) is 11.3. The minimum Gasteiger partial charge on any atom is -0.502 e. The third-order valence-electron chi connectivity index (χ3n) is 6.68. The molecule has 1 N–H and O–H groups in total. The molecular weight excluding hydrogens is 390 g/mol. The van der Waals surface area contributed by atoms with Gasteiger partial charge in [-0.1, -0.05) is 30.3 Å². The number of piperazine rings is 1. The molecule has 2 aromatic rings. The molecule has 0 atom stereocenters. The van der Waals surface area contributed by atoms with Crippen LogP contribution >= 0.6 is 0 Å². The van der Waals surface area contributed by atoms with E-state index in [1.165, 1.54) is 31.5 Å². The van der Waals surface area contributed by atoms with Crippen LogP contribution in [0.5, 0.6) is 17.2 Å². The van der Waals surface area contributed by atoms with E-state index in [2.05, 4.69) is 45.0 Å². The fourth-order valence-corrected chi connectivity index (χ4v) is 4.87. The number of rotatable bonds is 7. The summed E-state index contributed by atoms with van der Waals surface area (Å²) in [5, 5.41) is 10.1. The highest BCUT2D eigenvalue weighted by Gasteiger charge is 2.27. The van der Waals surface area contributed by atoms with Crippen molar-refractivity contribution >= 4 is 0 Å². The molecule has 2 fully saturated rings. The van der Waals surface area contributed by atoms with Crippen molar-refractivity contribution in [3.63, 3.8) is 0 Å². The Morgan fingerprint density at radius 2 is 1.32 bits per heavy atom. The van der Waals surface area contributed by atoms with Crippen molar-refractivity contribution in [2.75, 3.05) is 53.5 Å². The summed E-state index contributed by atoms with van der Waals surface area (Å²) in [5.74, 6) is 1.00. The lowest BCUT2D eigenvalue weighted by atomic mass is 10.0. The largest absolute Gasteiger partial charge is 0.502 e. The molecule has 2 saturated heterocycles. The lowest BCUT2D eigenvalue weighted by Crippen LogP contribution is -2.52. The summed E-state index contributed by atoms with van der Waals surface area (Å²) in [7, 11) is 3.14. The Morgan fingerprint density at radius 3 is 1.90 bits per heavy atom. The third-order valence-corrected chi connectivity index (χ3v) is 6.68. The third kappa shape index (κ3) is 5.50. The number of benzene rings is 2. The number of piperidine rings is 1. The van der Waals surface area contributed by atoms with Crippen LogP contribution in [0, 0.1) is 0 Å². The average Bonchev–Trinajstić information content (AvgIpc) is 2.82. The van der Waals surface area contributed by atoms with Crippen molar-refractivity contribution < 1.29 is 14.6 Å². The molecule has 6 heteroatoms. The minimum absolute atomic E-state index is 0.0668. The lowest BCUT2D eigenvalue weighted by molar-refractivity contribution is 0.0549. The summed E-state index contributed by atoms with van der Waals surface area (Å²) in [4.78, 5) is 7.76. The van der Waals surface area contributed by atoms with Gasteiger partial charge in [0.25, 0.3) is 0 Å². The predicted molar refractivity (Wildman–Crippen MR) is 123 cm³/mol. The van der Waals surface area contributed by atoms with Gasteiger partial charge in [0.2, 0.25) is 5.75 Å². The SMILES string of the molecule is COc1cc(CN2CCN(C3CCN(Cc4ccccc4)CC3)CC2)cc(OC)c1O. The maximum Gasteiger partial charge on any atom is 0.200 e. The number of hydrogen-bond acceptors (Lipinski definition) is 6. The van der Waals surface area contributed by atoms with Gasteiger partial charge >= 0.3 is 0 Å². The Hall–Kier alpha value is -2.28. The van der Waals surface area contributed by atoms with E-state index < -0.39 is 0 Å². The van der Waals surface area contributed by atoms with Crippen LogP contribution in [-0.4, -0.2) is 79.3 Å². The van der Waals surface area contributed by atoms with Gasteiger partial charge in [-0.3, -0.25) is 14.7 Å². The Balaban J connectivity index is 1.24. The van der Waals surface area contributed by atoms with Crippen LogP contribution in [0.3, 0.4) is 0 Å². The lowest BCUT2D eigenvalue weighted by Gasteiger charge is -2.43. The number of nitrogens with zero attached hydrogens (tertiary/aromatic N) is 3. The number of phenols is 1. The van der Waals surface area contributed by atoms with Crippen LogP contribution in [-0.2, 0) is 13.1 Å². The van der Waals surface area contributed by atoms with Crippen LogP contribution in [0.4, 0.5) is 0 Å². The van der Waals surface area contributed by atoms with Crippen LogP contribution < -0.4 is 9.47 Å². The summed E-state index contributed by atoms with van der Waals surface area (Å²) >= 11 is 0. The van der Waals surface area contributed by atoms with Gasteiger partial charge in [0, 0.05) is 45.3 Å². The molecule has 2 aliphatic rings. The van der Waals surface area contributed by atoms with E-state index >= 15 is 0 Å². The molecule has 0 aliphatic carbocycles. The van der Waals surface area contributed by atoms with Gasteiger partial charge in [0.15, 0.2) is 11.5 Å². The van der Waals surface area contributed by atoms with Gasteiger partial charge in [-0.2, -0.15) is 0 Å². The van der Waals surface area contributed by atoms with Gasteiger partial charge in [0.1, 0.15) is 0 Å². The number of ether oxygens (including phenoxy) is 2. The van der Waals surface area contributed by atoms with Gasteiger partial charge in [-0.05, 0) is 49.2 Å². The second kappa shape index (κ2) is 10.4. The normalized spacial score (nSPS) is 19.4. The first kappa shape index (κ1) is 21.9. The van der Waals surface area contributed by atoms with Crippen LogP contribution in [0.15, 0.2) is 42.5 Å². The maximum absolute atomic E-state index is 10.1. The van der Waals surface area contributed by atoms with Crippen LogP contribution in [0.2, 0.25) is 0 Å². The Kier molecular flexibility index (Phi) is 7.33. The van der Waals surface area contributed by atoms with Crippen molar-refractivity contribution in [1.82, 2.24) is 14.7 Å². The summed E-state index contributed by atoms with van der Waals surface area (Å²) in [6.45, 7) is 8.66. The fraction of sp³-hybridized carbons (Fsp3) is 0.520. The zero-order chi connectivity index (χ0) is 21.6. The summed E-state index contributed by atoms with van der Waals surface area (Å²) in [6.07, 6.45) is 2.53. The van der Waals surface area contributed by atoms with Crippen molar-refractivity contribution in [3.8, 4) is 17.2 Å². The van der Waals surface area contributed by atoms with Crippen molar-refractivity contribution in [2.24, 2.45) is 0 Å². The van der Waals surface area contributed by atoms with E-state index in [0.717, 1.165) is 44.8 Å². The van der Waals surface area contributed by atoms with Gasteiger partial charge < -0.3 is 14.6 Å². The van der Waals surface area contributed by atoms with Gasteiger partial charge in [0.05, 0.1) is 14.2 Å². The first-order chi connectivity index (χ1) is 15.2. The predicted octanol–water partition coefficient (Wildman–Crippen LogP) is 3.19. The second-order valence-electron chi connectivity index (χ2n) is 8.65. The average molecular weight is 426 g/mol. The summed E-state index contributed by atoms with van der Waals surface area (Å²) in [6, 6.07) is 15.3. The molecule has 0 spiro atoms. The highest BCUT2D eigenvalue weighted by molar-refractivity contribution is 5.52. The Morgan fingerprint density at radius 1 is 0.774 bits per heavy atom. The monoisotopic (exact) mass is 425 g/mol. The van der Waals surface area contributed by atoms with Crippen molar-refractivity contribution in [1.29, 1.82) is 0 Å². The Labute approximate surface area is 186 Å². The molecule has 2 heterocycles. The van der Waals surface area contributed by atoms with E-state index in [4.69, 9.17) is 9.47 Å². The zero-order valence-corrected chi connectivity index (χ0v) is 18.8. The molecule has 0 radical (unpaired) electrons. The maximum atomic E-state index is 10.1. The Bertz CT molecular complexity index is 804. The highest BCUT2D eigenvalue weighted by Crippen LogP contribution is 2.37. The van der Waals surface area contributed by atoms with E-state index in [9.17, 15) is 5.11 Å². The highest BCUT2D eigenvalue weighted by atomic mass is 16.5. The standard InChI is InChI=1S/C25H35N3O3/c1-30-23-16-21(17-24(31-2)25(23)29)19-27-12-14-28(15-13-27)22-8-10-26(11-9-22)18-20-6-4-3-5-7-20/h3-7,16-17,22,29H,8-15,18-19H2,1-2H3. The van der Waals surface area contributed by atoms with E-state index in [1.54, 1.807) is 14.2 Å². The molecule has 4 rings (SSSR count). The molecule has 168 valence electrons. The number of aromatic hydroxyl groups is 1. The first-order valence-corrected chi connectivity index (χ1v) is 11.3. The molecule has 31 heavy (non-hydrogen) atoms. The summed E-state index contributed by atoms with van der Waals surface area (Å²) < 4.78 is 10.6. The number of phenolic OH excluding ortho intramolecular Hbond substituents is 1. The number of methoxy groups -OCH3 is 2. The number of hydrogen-bond donors (Lipinski definition) is 1. The van der Waals surface area contributed by atoms with E-state index in [-0.39, 0.29) is 5.75 Å². The topological polar surface area (TPSA) is 48.4 Å². The van der Waals surface area contributed by atoms with Crippen molar-refractivity contribution in [2.45, 2.75) is 32.0 Å². The fourth-order valence-electron chi connectivity index (χ4n) is 4.87. The molecule has 0 bridgehead atoms. The van der Waals surface area contributed by atoms with Crippen LogP contribution in [0.25, 0.3) is 0 Å². The quantitative estimate of drug-likeness (QED) is 0.735. The molecular formula is C25H35N3O3. The molecule has 6 nitrogen and oxygen atoms in total. The van der Waals surface area contributed by atoms with Crippen LogP contribution in [0.1, 0.15) is 24.0 Å². The number of likely N-dealkylation sites (tertiary alicyclic amines) is 1. The van der Waals surface area contributed by atoms with Crippen molar-refractivity contribution in [3.05, 3.63) is 53.6 Å². The molecule has 2 aliphatic heterocycles. The molecule has 2 aromatic carbocycles. The molecule has 0 amide bonds. The molecule has 0 aromatic heterocycles. The van der Waals surface area contributed by atoms with E-state index in [1.807, 2.05) is 12.1 Å². The summed E-state index contributed by atoms with van der Waals surface area (Å²) in [5.41, 5.74) is 2.52. The smallest absolute Gasteiger partial charge is 0.200 e. The van der Waals surface area contributed by atoms with Gasteiger partial charge in [-0.25, -0.2) is 0 Å². The zero-order valence-electron chi connectivity index (χ0n) is 18.8. The van der Waals surface area contributed by atoms with Gasteiger partial charge in [-0.15, -0.1) is 0 Å².